The Kier molecular flexibility index (Phi) is 4.29. The minimum Gasteiger partial charge on any atom is -0.494 e. The van der Waals surface area contributed by atoms with Crippen LogP contribution >= 0.6 is 0 Å². The van der Waals surface area contributed by atoms with Crippen LogP contribution in [0.2, 0.25) is 0 Å². The first kappa shape index (κ1) is 14.4. The minimum absolute atomic E-state index is 0.0413. The third-order valence-electron chi connectivity index (χ3n) is 3.08. The van der Waals surface area contributed by atoms with Gasteiger partial charge in [-0.05, 0) is 31.3 Å². The molecule has 0 saturated carbocycles. The standard InChI is InChI=1S/C15H14F3NO/c1-19-15(11-8-9(16)6-7-12(11)17)10-4-3-5-13(20-2)14(10)18/h3-8,15,19H,1-2H3. The summed E-state index contributed by atoms with van der Waals surface area (Å²) in [6.45, 7) is 0. The zero-order valence-corrected chi connectivity index (χ0v) is 11.1. The predicted molar refractivity (Wildman–Crippen MR) is 70.2 cm³/mol. The topological polar surface area (TPSA) is 21.3 Å². The molecule has 0 aliphatic carbocycles. The normalized spacial score (nSPS) is 12.2. The molecular weight excluding hydrogens is 267 g/mol. The highest BCUT2D eigenvalue weighted by Gasteiger charge is 2.22. The zero-order chi connectivity index (χ0) is 14.7. The van der Waals surface area contributed by atoms with Crippen LogP contribution in [0.25, 0.3) is 0 Å². The van der Waals surface area contributed by atoms with Crippen molar-refractivity contribution < 1.29 is 17.9 Å². The molecule has 106 valence electrons. The molecule has 1 atom stereocenters. The van der Waals surface area contributed by atoms with E-state index in [-0.39, 0.29) is 16.9 Å². The quantitative estimate of drug-likeness (QED) is 0.927. The summed E-state index contributed by atoms with van der Waals surface area (Å²) in [5, 5.41) is 2.79. The van der Waals surface area contributed by atoms with E-state index >= 15 is 0 Å². The third-order valence-corrected chi connectivity index (χ3v) is 3.08. The van der Waals surface area contributed by atoms with Crippen molar-refractivity contribution in [1.29, 1.82) is 0 Å². The van der Waals surface area contributed by atoms with Crippen molar-refractivity contribution in [2.75, 3.05) is 14.2 Å². The lowest BCUT2D eigenvalue weighted by atomic mass is 9.97. The van der Waals surface area contributed by atoms with E-state index in [0.717, 1.165) is 18.2 Å². The Hall–Kier alpha value is -2.01. The van der Waals surface area contributed by atoms with Gasteiger partial charge in [-0.15, -0.1) is 0 Å². The van der Waals surface area contributed by atoms with Crippen molar-refractivity contribution in [3.63, 3.8) is 0 Å². The number of rotatable bonds is 4. The minimum atomic E-state index is -0.805. The molecule has 0 saturated heterocycles. The van der Waals surface area contributed by atoms with Gasteiger partial charge in [0.25, 0.3) is 0 Å². The number of benzene rings is 2. The van der Waals surface area contributed by atoms with E-state index < -0.39 is 23.5 Å². The van der Waals surface area contributed by atoms with Gasteiger partial charge in [0.1, 0.15) is 11.6 Å². The number of halogens is 3. The van der Waals surface area contributed by atoms with Gasteiger partial charge in [0.15, 0.2) is 11.6 Å². The highest BCUT2D eigenvalue weighted by molar-refractivity contribution is 5.39. The molecule has 2 aromatic carbocycles. The van der Waals surface area contributed by atoms with Crippen LogP contribution in [-0.4, -0.2) is 14.2 Å². The molecule has 0 spiro atoms. The van der Waals surface area contributed by atoms with Crippen molar-refractivity contribution in [3.8, 4) is 5.75 Å². The number of nitrogens with one attached hydrogen (secondary N) is 1. The van der Waals surface area contributed by atoms with E-state index in [2.05, 4.69) is 5.32 Å². The van der Waals surface area contributed by atoms with Gasteiger partial charge in [-0.2, -0.15) is 0 Å². The maximum Gasteiger partial charge on any atom is 0.170 e. The second-order valence-corrected chi connectivity index (χ2v) is 4.25. The monoisotopic (exact) mass is 281 g/mol. The highest BCUT2D eigenvalue weighted by Crippen LogP contribution is 2.30. The summed E-state index contributed by atoms with van der Waals surface area (Å²) in [5.74, 6) is -1.73. The van der Waals surface area contributed by atoms with Crippen LogP contribution < -0.4 is 10.1 Å². The van der Waals surface area contributed by atoms with Gasteiger partial charge < -0.3 is 10.1 Å². The summed E-state index contributed by atoms with van der Waals surface area (Å²) in [6.07, 6.45) is 0. The smallest absolute Gasteiger partial charge is 0.170 e. The second kappa shape index (κ2) is 5.96. The van der Waals surface area contributed by atoms with Crippen molar-refractivity contribution in [2.24, 2.45) is 0 Å². The lowest BCUT2D eigenvalue weighted by molar-refractivity contribution is 0.382. The largest absolute Gasteiger partial charge is 0.494 e. The summed E-state index contributed by atoms with van der Waals surface area (Å²) < 4.78 is 46.3. The summed E-state index contributed by atoms with van der Waals surface area (Å²) >= 11 is 0. The van der Waals surface area contributed by atoms with E-state index in [1.165, 1.54) is 19.2 Å². The number of ether oxygens (including phenoxy) is 1. The Morgan fingerprint density at radius 2 is 1.80 bits per heavy atom. The second-order valence-electron chi connectivity index (χ2n) is 4.25. The van der Waals surface area contributed by atoms with Crippen LogP contribution in [0, 0.1) is 17.5 Å². The Bertz CT molecular complexity index is 616. The van der Waals surface area contributed by atoms with Crippen LogP contribution in [-0.2, 0) is 0 Å². The Morgan fingerprint density at radius 1 is 1.05 bits per heavy atom. The van der Waals surface area contributed by atoms with E-state index in [0.29, 0.717) is 0 Å². The zero-order valence-electron chi connectivity index (χ0n) is 11.1. The van der Waals surface area contributed by atoms with Crippen molar-refractivity contribution in [3.05, 3.63) is 65.0 Å². The van der Waals surface area contributed by atoms with Crippen LogP contribution in [0.3, 0.4) is 0 Å². The summed E-state index contributed by atoms with van der Waals surface area (Å²) in [4.78, 5) is 0. The number of hydrogen-bond acceptors (Lipinski definition) is 2. The Morgan fingerprint density at radius 3 is 2.45 bits per heavy atom. The molecule has 0 heterocycles. The molecule has 2 aromatic rings. The van der Waals surface area contributed by atoms with Gasteiger partial charge in [-0.3, -0.25) is 0 Å². The SMILES string of the molecule is CNC(c1cc(F)ccc1F)c1cccc(OC)c1F. The Balaban J connectivity index is 2.55. The average molecular weight is 281 g/mol. The first-order valence-electron chi connectivity index (χ1n) is 6.03. The van der Waals surface area contributed by atoms with Gasteiger partial charge in [0, 0.05) is 11.1 Å². The molecule has 2 rings (SSSR count). The summed E-state index contributed by atoms with van der Waals surface area (Å²) in [7, 11) is 2.90. The molecule has 5 heteroatoms. The molecule has 1 N–H and O–H groups in total. The summed E-state index contributed by atoms with van der Waals surface area (Å²) in [6, 6.07) is 6.85. The Labute approximate surface area is 115 Å². The molecule has 1 unspecified atom stereocenters. The third kappa shape index (κ3) is 2.63. The molecule has 20 heavy (non-hydrogen) atoms. The van der Waals surface area contributed by atoms with Crippen LogP contribution in [0.5, 0.6) is 5.75 Å². The van der Waals surface area contributed by atoms with Crippen molar-refractivity contribution in [2.45, 2.75) is 6.04 Å². The lowest BCUT2D eigenvalue weighted by Gasteiger charge is -2.19. The van der Waals surface area contributed by atoms with Gasteiger partial charge in [-0.25, -0.2) is 13.2 Å². The first-order valence-corrected chi connectivity index (χ1v) is 6.03. The van der Waals surface area contributed by atoms with Crippen LogP contribution in [0.1, 0.15) is 17.2 Å². The molecule has 0 radical (unpaired) electrons. The molecular formula is C15H14F3NO. The molecule has 0 fully saturated rings. The summed E-state index contributed by atoms with van der Waals surface area (Å²) in [5.41, 5.74) is 0.232. The molecule has 0 amide bonds. The van der Waals surface area contributed by atoms with E-state index in [1.807, 2.05) is 0 Å². The molecule has 0 aliphatic rings. The van der Waals surface area contributed by atoms with Gasteiger partial charge in [0.05, 0.1) is 13.2 Å². The lowest BCUT2D eigenvalue weighted by Crippen LogP contribution is -2.20. The predicted octanol–water partition coefficient (Wildman–Crippen LogP) is 3.42. The van der Waals surface area contributed by atoms with Gasteiger partial charge in [-0.1, -0.05) is 12.1 Å². The molecule has 0 bridgehead atoms. The molecule has 0 aromatic heterocycles. The average Bonchev–Trinajstić information content (AvgIpc) is 2.45. The maximum absolute atomic E-state index is 14.2. The first-order chi connectivity index (χ1) is 9.58. The number of methoxy groups -OCH3 is 1. The van der Waals surface area contributed by atoms with Crippen molar-refractivity contribution in [1.82, 2.24) is 5.32 Å². The molecule has 0 aliphatic heterocycles. The highest BCUT2D eigenvalue weighted by atomic mass is 19.1. The van der Waals surface area contributed by atoms with Gasteiger partial charge in [0.2, 0.25) is 0 Å². The fraction of sp³-hybridized carbons (Fsp3) is 0.200. The van der Waals surface area contributed by atoms with E-state index in [4.69, 9.17) is 4.74 Å². The van der Waals surface area contributed by atoms with Crippen LogP contribution in [0.4, 0.5) is 13.2 Å². The number of hydrogen-bond donors (Lipinski definition) is 1. The van der Waals surface area contributed by atoms with Crippen molar-refractivity contribution >= 4 is 0 Å². The van der Waals surface area contributed by atoms with Crippen LogP contribution in [0.15, 0.2) is 36.4 Å². The molecule has 2 nitrogen and oxygen atoms in total. The van der Waals surface area contributed by atoms with Gasteiger partial charge >= 0.3 is 0 Å². The maximum atomic E-state index is 14.2. The van der Waals surface area contributed by atoms with E-state index in [9.17, 15) is 13.2 Å². The van der Waals surface area contributed by atoms with E-state index in [1.54, 1.807) is 13.1 Å². The fourth-order valence-corrected chi connectivity index (χ4v) is 2.12. The fourth-order valence-electron chi connectivity index (χ4n) is 2.12.